The molecule has 104 valence electrons. The summed E-state index contributed by atoms with van der Waals surface area (Å²) in [7, 11) is 0. The molecule has 0 saturated heterocycles. The molecule has 0 aliphatic heterocycles. The number of aromatic nitrogens is 1. The molecule has 0 saturated carbocycles. The summed E-state index contributed by atoms with van der Waals surface area (Å²) in [6.45, 7) is 6.09. The van der Waals surface area contributed by atoms with Gasteiger partial charge in [-0.3, -0.25) is 0 Å². The second-order valence-electron chi connectivity index (χ2n) is 4.87. The van der Waals surface area contributed by atoms with E-state index in [1.807, 2.05) is 26.0 Å². The average Bonchev–Trinajstić information content (AvgIpc) is 2.91. The van der Waals surface area contributed by atoms with Crippen molar-refractivity contribution < 1.29 is 4.42 Å². The summed E-state index contributed by atoms with van der Waals surface area (Å²) in [6, 6.07) is 8.42. The van der Waals surface area contributed by atoms with Crippen molar-refractivity contribution in [2.75, 3.05) is 5.32 Å². The number of nitrogens with one attached hydrogen (secondary N) is 1. The molecule has 0 bridgehead atoms. The van der Waals surface area contributed by atoms with Crippen molar-refractivity contribution in [3.05, 3.63) is 45.8 Å². The van der Waals surface area contributed by atoms with E-state index in [1.54, 1.807) is 11.3 Å². The van der Waals surface area contributed by atoms with Crippen LogP contribution in [0.2, 0.25) is 0 Å². The van der Waals surface area contributed by atoms with Gasteiger partial charge in [0.2, 0.25) is 0 Å². The van der Waals surface area contributed by atoms with Crippen molar-refractivity contribution in [1.82, 2.24) is 4.98 Å². The van der Waals surface area contributed by atoms with Gasteiger partial charge in [0, 0.05) is 10.0 Å². The van der Waals surface area contributed by atoms with Gasteiger partial charge in [-0.1, -0.05) is 27.3 Å². The van der Waals surface area contributed by atoms with E-state index in [2.05, 4.69) is 45.3 Å². The summed E-state index contributed by atoms with van der Waals surface area (Å²) >= 11 is 5.14. The maximum Gasteiger partial charge on any atom is 0.184 e. The van der Waals surface area contributed by atoms with Gasteiger partial charge in [0.1, 0.15) is 11.5 Å². The fourth-order valence-corrected chi connectivity index (χ4v) is 3.59. The molecule has 0 spiro atoms. The van der Waals surface area contributed by atoms with Crippen LogP contribution in [0, 0.1) is 13.8 Å². The predicted octanol–water partition coefficient (Wildman–Crippen LogP) is 5.44. The first-order valence-corrected chi connectivity index (χ1v) is 8.03. The fourth-order valence-electron chi connectivity index (χ4n) is 2.31. The van der Waals surface area contributed by atoms with Crippen molar-refractivity contribution >= 4 is 42.6 Å². The maximum absolute atomic E-state index is 5.58. The molecule has 20 heavy (non-hydrogen) atoms. The molecular formula is C15H15BrN2OS. The third-order valence-corrected chi connectivity index (χ3v) is 4.70. The molecule has 3 rings (SSSR count). The lowest BCUT2D eigenvalue weighted by molar-refractivity contribution is 0.500. The topological polar surface area (TPSA) is 38.1 Å². The zero-order valence-electron chi connectivity index (χ0n) is 11.5. The van der Waals surface area contributed by atoms with E-state index >= 15 is 0 Å². The van der Waals surface area contributed by atoms with Crippen LogP contribution in [0.25, 0.3) is 10.2 Å². The average molecular weight is 351 g/mol. The summed E-state index contributed by atoms with van der Waals surface area (Å²) in [6.07, 6.45) is 0. The van der Waals surface area contributed by atoms with Gasteiger partial charge < -0.3 is 9.73 Å². The maximum atomic E-state index is 5.58. The number of halogens is 1. The van der Waals surface area contributed by atoms with E-state index in [1.165, 1.54) is 10.3 Å². The van der Waals surface area contributed by atoms with Gasteiger partial charge in [0.25, 0.3) is 0 Å². The zero-order valence-corrected chi connectivity index (χ0v) is 13.9. The molecule has 1 unspecified atom stereocenters. The number of aryl methyl sites for hydroxylation is 2. The number of hydrogen-bond acceptors (Lipinski definition) is 4. The highest BCUT2D eigenvalue weighted by molar-refractivity contribution is 9.10. The second kappa shape index (κ2) is 5.22. The van der Waals surface area contributed by atoms with Gasteiger partial charge in [-0.05, 0) is 45.0 Å². The van der Waals surface area contributed by atoms with Crippen molar-refractivity contribution in [3.8, 4) is 0 Å². The van der Waals surface area contributed by atoms with Crippen molar-refractivity contribution in [2.24, 2.45) is 0 Å². The van der Waals surface area contributed by atoms with Crippen LogP contribution in [-0.4, -0.2) is 4.98 Å². The van der Waals surface area contributed by atoms with Gasteiger partial charge in [-0.15, -0.1) is 0 Å². The number of rotatable bonds is 3. The first-order valence-electron chi connectivity index (χ1n) is 6.42. The SMILES string of the molecule is Cc1cc(C(C)Nc2nc3cc(Br)ccc3s2)c(C)o1. The lowest BCUT2D eigenvalue weighted by atomic mass is 10.1. The van der Waals surface area contributed by atoms with Crippen LogP contribution >= 0.6 is 27.3 Å². The Morgan fingerprint density at radius 3 is 2.80 bits per heavy atom. The highest BCUT2D eigenvalue weighted by atomic mass is 79.9. The molecule has 0 aliphatic rings. The van der Waals surface area contributed by atoms with Crippen molar-refractivity contribution in [1.29, 1.82) is 0 Å². The minimum absolute atomic E-state index is 0.177. The van der Waals surface area contributed by atoms with Gasteiger partial charge in [0.15, 0.2) is 5.13 Å². The van der Waals surface area contributed by atoms with Gasteiger partial charge in [0.05, 0.1) is 16.3 Å². The molecule has 0 amide bonds. The molecule has 3 aromatic rings. The Kier molecular flexibility index (Phi) is 3.56. The normalized spacial score (nSPS) is 12.8. The number of furan rings is 1. The first kappa shape index (κ1) is 13.6. The molecule has 1 aromatic carbocycles. The molecule has 1 N–H and O–H groups in total. The Balaban J connectivity index is 1.87. The van der Waals surface area contributed by atoms with Crippen molar-refractivity contribution in [2.45, 2.75) is 26.8 Å². The van der Waals surface area contributed by atoms with Gasteiger partial charge >= 0.3 is 0 Å². The highest BCUT2D eigenvalue weighted by Crippen LogP contribution is 2.31. The van der Waals surface area contributed by atoms with E-state index in [-0.39, 0.29) is 6.04 Å². The van der Waals surface area contributed by atoms with Crippen LogP contribution in [0.4, 0.5) is 5.13 Å². The van der Waals surface area contributed by atoms with Crippen LogP contribution < -0.4 is 5.32 Å². The Labute approximate surface area is 130 Å². The number of nitrogens with zero attached hydrogens (tertiary/aromatic N) is 1. The van der Waals surface area contributed by atoms with Crippen LogP contribution in [0.15, 0.2) is 33.2 Å². The van der Waals surface area contributed by atoms with Crippen LogP contribution in [-0.2, 0) is 0 Å². The predicted molar refractivity (Wildman–Crippen MR) is 87.5 cm³/mol. The van der Waals surface area contributed by atoms with E-state index < -0.39 is 0 Å². The number of benzene rings is 1. The highest BCUT2D eigenvalue weighted by Gasteiger charge is 2.14. The van der Waals surface area contributed by atoms with E-state index in [9.17, 15) is 0 Å². The molecule has 3 nitrogen and oxygen atoms in total. The summed E-state index contributed by atoms with van der Waals surface area (Å²) in [5.74, 6) is 1.91. The molecule has 5 heteroatoms. The summed E-state index contributed by atoms with van der Waals surface area (Å²) in [5, 5.41) is 4.39. The quantitative estimate of drug-likeness (QED) is 0.683. The number of anilines is 1. The van der Waals surface area contributed by atoms with Crippen LogP contribution in [0.3, 0.4) is 0 Å². The minimum atomic E-state index is 0.177. The number of hydrogen-bond donors (Lipinski definition) is 1. The molecule has 2 heterocycles. The van der Waals surface area contributed by atoms with E-state index in [0.29, 0.717) is 0 Å². The lowest BCUT2D eigenvalue weighted by Gasteiger charge is -2.11. The lowest BCUT2D eigenvalue weighted by Crippen LogP contribution is -2.06. The number of thiazole rings is 1. The summed E-state index contributed by atoms with van der Waals surface area (Å²) < 4.78 is 7.82. The minimum Gasteiger partial charge on any atom is -0.466 e. The number of fused-ring (bicyclic) bond motifs is 1. The third-order valence-electron chi connectivity index (χ3n) is 3.24. The summed E-state index contributed by atoms with van der Waals surface area (Å²) in [5.41, 5.74) is 2.20. The van der Waals surface area contributed by atoms with E-state index in [4.69, 9.17) is 4.42 Å². The molecule has 0 fully saturated rings. The van der Waals surface area contributed by atoms with Crippen molar-refractivity contribution in [3.63, 3.8) is 0 Å². The Bertz CT molecular complexity index is 762. The molecule has 0 aliphatic carbocycles. The monoisotopic (exact) mass is 350 g/mol. The molecule has 2 aromatic heterocycles. The largest absolute Gasteiger partial charge is 0.466 e. The standard InChI is InChI=1S/C15H15BrN2OS/c1-8-6-12(10(3)19-8)9(2)17-15-18-13-7-11(16)4-5-14(13)20-15/h4-7,9H,1-3H3,(H,17,18). The van der Waals surface area contributed by atoms with E-state index in [0.717, 1.165) is 26.6 Å². The molecule has 1 atom stereocenters. The summed E-state index contributed by atoms with van der Waals surface area (Å²) in [4.78, 5) is 4.62. The Hall–Kier alpha value is -1.33. The van der Waals surface area contributed by atoms with Gasteiger partial charge in [-0.2, -0.15) is 0 Å². The Morgan fingerprint density at radius 2 is 2.10 bits per heavy atom. The fraction of sp³-hybridized carbons (Fsp3) is 0.267. The zero-order chi connectivity index (χ0) is 14.3. The Morgan fingerprint density at radius 1 is 1.30 bits per heavy atom. The van der Waals surface area contributed by atoms with Gasteiger partial charge in [-0.25, -0.2) is 4.98 Å². The first-order chi connectivity index (χ1) is 9.52. The molecule has 0 radical (unpaired) electrons. The van der Waals surface area contributed by atoms with Crippen LogP contribution in [0.1, 0.15) is 30.0 Å². The third kappa shape index (κ3) is 2.60. The molecular weight excluding hydrogens is 336 g/mol. The smallest absolute Gasteiger partial charge is 0.184 e. The van der Waals surface area contributed by atoms with Crippen LogP contribution in [0.5, 0.6) is 0 Å². The second-order valence-corrected chi connectivity index (χ2v) is 6.81.